The Morgan fingerprint density at radius 2 is 2.00 bits per heavy atom. The topological polar surface area (TPSA) is 39.2 Å². The van der Waals surface area contributed by atoms with E-state index in [9.17, 15) is 4.79 Å². The van der Waals surface area contributed by atoms with Crippen LogP contribution in [0.1, 0.15) is 76.2 Å². The van der Waals surface area contributed by atoms with Crippen LogP contribution in [-0.2, 0) is 9.53 Å². The molecule has 2 aliphatic carbocycles. The Morgan fingerprint density at radius 1 is 1.06 bits per heavy atom. The summed E-state index contributed by atoms with van der Waals surface area (Å²) >= 11 is 0. The maximum Gasteiger partial charge on any atom is 0.136 e. The van der Waals surface area contributed by atoms with Crippen molar-refractivity contribution in [2.75, 3.05) is 0 Å². The summed E-state index contributed by atoms with van der Waals surface area (Å²) in [7, 11) is 0. The van der Waals surface area contributed by atoms with Gasteiger partial charge in [-0.3, -0.25) is 9.78 Å². The van der Waals surface area contributed by atoms with E-state index in [2.05, 4.69) is 48.3 Å². The highest BCUT2D eigenvalue weighted by Crippen LogP contribution is 2.58. The molecule has 2 bridgehead atoms. The van der Waals surface area contributed by atoms with E-state index in [1.54, 1.807) is 0 Å². The highest BCUT2D eigenvalue weighted by molar-refractivity contribution is 5.83. The second-order valence-corrected chi connectivity index (χ2v) is 10.3. The van der Waals surface area contributed by atoms with Gasteiger partial charge in [0.05, 0.1) is 11.2 Å². The van der Waals surface area contributed by atoms with Gasteiger partial charge in [0.2, 0.25) is 0 Å². The molecule has 2 aliphatic heterocycles. The monoisotopic (exact) mass is 413 g/mol. The second-order valence-electron chi connectivity index (χ2n) is 10.3. The van der Waals surface area contributed by atoms with Crippen molar-refractivity contribution in [1.82, 2.24) is 4.98 Å². The highest BCUT2D eigenvalue weighted by atomic mass is 16.5. The van der Waals surface area contributed by atoms with E-state index in [4.69, 9.17) is 4.74 Å². The number of Topliss-reactive ketones (excluding diaryl/α,β-unsaturated/α-hetero) is 1. The van der Waals surface area contributed by atoms with Gasteiger partial charge in [0, 0.05) is 30.6 Å². The lowest BCUT2D eigenvalue weighted by atomic mass is 9.75. The molecule has 0 amide bonds. The number of pyridine rings is 1. The van der Waals surface area contributed by atoms with Crippen molar-refractivity contribution < 1.29 is 9.53 Å². The molecule has 1 saturated heterocycles. The molecule has 160 valence electrons. The van der Waals surface area contributed by atoms with Gasteiger partial charge in [0.15, 0.2) is 0 Å². The number of ketones is 1. The highest BCUT2D eigenvalue weighted by Gasteiger charge is 2.58. The normalized spacial score (nSPS) is 37.0. The molecule has 31 heavy (non-hydrogen) atoms. The first-order chi connectivity index (χ1) is 15.1. The quantitative estimate of drug-likeness (QED) is 0.540. The standard InChI is InChI=1S/C28H31NO2/c1-19-5-6-20(22-8-7-21-11-14-29-18-23(21)15-22)3-2-4-25-16-24-9-10-26(30)17-27(24)12-13-28(19,25)31-27/h4,7-8,11,14-16,18-20H,2-3,5-6,9-10,12-13,17H2,1H3/b25-4-/t19?,20-,27-,28+/m1/s1. The van der Waals surface area contributed by atoms with E-state index in [0.717, 1.165) is 32.1 Å². The van der Waals surface area contributed by atoms with E-state index < -0.39 is 0 Å². The fraction of sp³-hybridized carbons (Fsp3) is 0.500. The molecule has 2 aromatic rings. The number of nitrogens with zero attached hydrogens (tertiary/aromatic N) is 1. The molecular weight excluding hydrogens is 382 g/mol. The van der Waals surface area contributed by atoms with Crippen LogP contribution >= 0.6 is 0 Å². The number of allylic oxidation sites excluding steroid dienone is 1. The Hall–Kier alpha value is -2.26. The fourth-order valence-electron chi connectivity index (χ4n) is 6.75. The zero-order chi connectivity index (χ0) is 21.1. The van der Waals surface area contributed by atoms with E-state index in [-0.39, 0.29) is 11.2 Å². The molecule has 0 radical (unpaired) electrons. The Balaban J connectivity index is 1.32. The van der Waals surface area contributed by atoms with Crippen molar-refractivity contribution in [1.29, 1.82) is 0 Å². The summed E-state index contributed by atoms with van der Waals surface area (Å²) in [6.07, 6.45) is 17.6. The molecule has 6 rings (SSSR count). The van der Waals surface area contributed by atoms with Crippen molar-refractivity contribution in [3.8, 4) is 0 Å². The van der Waals surface area contributed by atoms with E-state index in [1.807, 2.05) is 12.4 Å². The average molecular weight is 414 g/mol. The van der Waals surface area contributed by atoms with Gasteiger partial charge >= 0.3 is 0 Å². The van der Waals surface area contributed by atoms with Crippen LogP contribution in [0.2, 0.25) is 0 Å². The van der Waals surface area contributed by atoms with Crippen molar-refractivity contribution in [3.05, 3.63) is 65.5 Å². The summed E-state index contributed by atoms with van der Waals surface area (Å²) in [5.41, 5.74) is 3.75. The smallest absolute Gasteiger partial charge is 0.136 e. The second kappa shape index (κ2) is 7.13. The molecule has 1 unspecified atom stereocenters. The van der Waals surface area contributed by atoms with Crippen molar-refractivity contribution in [2.24, 2.45) is 5.92 Å². The summed E-state index contributed by atoms with van der Waals surface area (Å²) in [6.45, 7) is 2.38. The largest absolute Gasteiger partial charge is 0.359 e. The Morgan fingerprint density at radius 3 is 2.94 bits per heavy atom. The van der Waals surface area contributed by atoms with Crippen LogP contribution in [0.15, 0.2) is 60.0 Å². The number of carbonyl (C=O) groups is 1. The molecule has 4 atom stereocenters. The predicted molar refractivity (Wildman–Crippen MR) is 123 cm³/mol. The number of fused-ring (bicyclic) bond motifs is 1. The van der Waals surface area contributed by atoms with Crippen molar-refractivity contribution in [2.45, 2.75) is 81.8 Å². The van der Waals surface area contributed by atoms with Crippen LogP contribution in [0.25, 0.3) is 10.8 Å². The van der Waals surface area contributed by atoms with Gasteiger partial charge in [-0.05, 0) is 91.0 Å². The van der Waals surface area contributed by atoms with Crippen LogP contribution < -0.4 is 0 Å². The summed E-state index contributed by atoms with van der Waals surface area (Å²) in [5, 5.41) is 2.49. The van der Waals surface area contributed by atoms with Gasteiger partial charge in [-0.1, -0.05) is 31.2 Å². The molecule has 1 aromatic carbocycles. The molecule has 1 saturated carbocycles. The number of rotatable bonds is 1. The first-order valence-corrected chi connectivity index (χ1v) is 12.1. The predicted octanol–water partition coefficient (Wildman–Crippen LogP) is 6.44. The molecule has 2 fully saturated rings. The first-order valence-electron chi connectivity index (χ1n) is 12.1. The van der Waals surface area contributed by atoms with Crippen LogP contribution in [-0.4, -0.2) is 22.0 Å². The fourth-order valence-corrected chi connectivity index (χ4v) is 6.75. The summed E-state index contributed by atoms with van der Waals surface area (Å²) < 4.78 is 6.99. The molecule has 3 heterocycles. The summed E-state index contributed by atoms with van der Waals surface area (Å²) in [4.78, 5) is 16.6. The molecular formula is C28H31NO2. The number of benzene rings is 1. The molecule has 2 spiro atoms. The van der Waals surface area contributed by atoms with Gasteiger partial charge in [-0.25, -0.2) is 0 Å². The van der Waals surface area contributed by atoms with Gasteiger partial charge in [0.25, 0.3) is 0 Å². The van der Waals surface area contributed by atoms with Gasteiger partial charge in [0.1, 0.15) is 5.78 Å². The third-order valence-corrected chi connectivity index (χ3v) is 8.60. The minimum atomic E-state index is -0.292. The maximum absolute atomic E-state index is 12.3. The Bertz CT molecular complexity index is 1110. The molecule has 0 N–H and O–H groups in total. The zero-order valence-corrected chi connectivity index (χ0v) is 18.4. The lowest BCUT2D eigenvalue weighted by Crippen LogP contribution is -2.48. The molecule has 3 heteroatoms. The number of hydrogen-bond acceptors (Lipinski definition) is 3. The van der Waals surface area contributed by atoms with Crippen LogP contribution in [0.5, 0.6) is 0 Å². The van der Waals surface area contributed by atoms with Gasteiger partial charge < -0.3 is 4.74 Å². The molecule has 1 aromatic heterocycles. The summed E-state index contributed by atoms with van der Waals surface area (Å²) in [5.74, 6) is 1.39. The minimum absolute atomic E-state index is 0.191. The first kappa shape index (κ1) is 19.4. The maximum atomic E-state index is 12.3. The van der Waals surface area contributed by atoms with E-state index in [0.29, 0.717) is 30.5 Å². The Labute approximate surface area is 184 Å². The summed E-state index contributed by atoms with van der Waals surface area (Å²) in [6, 6.07) is 8.99. The molecule has 3 nitrogen and oxygen atoms in total. The number of aromatic nitrogens is 1. The number of carbonyl (C=O) groups excluding carboxylic acids is 1. The van der Waals surface area contributed by atoms with E-state index >= 15 is 0 Å². The third-order valence-electron chi connectivity index (χ3n) is 8.60. The minimum Gasteiger partial charge on any atom is -0.359 e. The van der Waals surface area contributed by atoms with Crippen LogP contribution in [0.3, 0.4) is 0 Å². The van der Waals surface area contributed by atoms with Gasteiger partial charge in [-0.15, -0.1) is 0 Å². The number of hydrogen-bond donors (Lipinski definition) is 0. The Kier molecular flexibility index (Phi) is 4.47. The molecule has 4 aliphatic rings. The lowest BCUT2D eigenvalue weighted by molar-refractivity contribution is -0.137. The number of ether oxygens (including phenoxy) is 1. The van der Waals surface area contributed by atoms with Crippen LogP contribution in [0, 0.1) is 5.92 Å². The third kappa shape index (κ3) is 3.04. The SMILES string of the molecule is CC1CC[C@H](c2ccc3ccncc3c2)CC/C=C2/C=C3CCC(=O)C[C@]34CC[C@@]21O4. The van der Waals surface area contributed by atoms with Crippen molar-refractivity contribution >= 4 is 16.6 Å². The average Bonchev–Trinajstić information content (AvgIpc) is 3.13. The lowest BCUT2D eigenvalue weighted by Gasteiger charge is -2.46. The van der Waals surface area contributed by atoms with Gasteiger partial charge in [-0.2, -0.15) is 0 Å². The van der Waals surface area contributed by atoms with E-state index in [1.165, 1.54) is 40.3 Å². The zero-order valence-electron chi connectivity index (χ0n) is 18.4. The van der Waals surface area contributed by atoms with Crippen LogP contribution in [0.4, 0.5) is 0 Å². The van der Waals surface area contributed by atoms with Crippen molar-refractivity contribution in [3.63, 3.8) is 0 Å².